The van der Waals surface area contributed by atoms with Crippen LogP contribution in [0.25, 0.3) is 0 Å². The molecule has 1 saturated heterocycles. The first-order valence-corrected chi connectivity index (χ1v) is 16.0. The number of rotatable bonds is 10. The van der Waals surface area contributed by atoms with Gasteiger partial charge in [0.2, 0.25) is 0 Å². The first kappa shape index (κ1) is 31.1. The van der Waals surface area contributed by atoms with Crippen LogP contribution in [0.4, 0.5) is 0 Å². The number of ether oxygens (including phenoxy) is 5. The normalized spacial score (nSPS) is 21.1. The number of hydrogen-bond acceptors (Lipinski definition) is 9. The van der Waals surface area contributed by atoms with Gasteiger partial charge in [-0.3, -0.25) is 0 Å². The van der Waals surface area contributed by atoms with Crippen molar-refractivity contribution < 1.29 is 42.9 Å². The fraction of sp³-hybridized carbons (Fsp3) is 0.176. The number of methoxy groups -OCH3 is 1. The number of hydrogen-bond donors (Lipinski definition) is 0. The van der Waals surface area contributed by atoms with E-state index in [0.717, 1.165) is 3.61 Å². The van der Waals surface area contributed by atoms with Crippen LogP contribution in [0.15, 0.2) is 121 Å². The number of carbonyl (C=O) groups is 4. The molecule has 224 valence electrons. The Hall–Kier alpha value is -4.33. The zero-order chi connectivity index (χ0) is 30.9. The summed E-state index contributed by atoms with van der Waals surface area (Å²) in [7, 11) is 1.32. The molecule has 44 heavy (non-hydrogen) atoms. The van der Waals surface area contributed by atoms with Gasteiger partial charge in [-0.05, 0) is 0 Å². The van der Waals surface area contributed by atoms with Crippen molar-refractivity contribution in [2.24, 2.45) is 0 Å². The second-order valence-corrected chi connectivity index (χ2v) is 12.7. The van der Waals surface area contributed by atoms with Crippen molar-refractivity contribution in [2.45, 2.75) is 30.7 Å². The molecule has 0 saturated carbocycles. The molecule has 0 aromatic heterocycles. The zero-order valence-electron chi connectivity index (χ0n) is 23.5. The summed E-state index contributed by atoms with van der Waals surface area (Å²) >= 11 is -1.53. The summed E-state index contributed by atoms with van der Waals surface area (Å²) in [6, 6.07) is 33.7. The van der Waals surface area contributed by atoms with Crippen molar-refractivity contribution in [3.63, 3.8) is 0 Å². The second kappa shape index (κ2) is 14.9. The van der Waals surface area contributed by atoms with Gasteiger partial charge in [0, 0.05) is 0 Å². The average molecular weight is 708 g/mol. The summed E-state index contributed by atoms with van der Waals surface area (Å²) < 4.78 is 29.9. The molecule has 4 aromatic carbocycles. The van der Waals surface area contributed by atoms with Gasteiger partial charge < -0.3 is 0 Å². The summed E-state index contributed by atoms with van der Waals surface area (Å²) in [5.41, 5.74) is 0.635. The third kappa shape index (κ3) is 7.59. The van der Waals surface area contributed by atoms with E-state index < -0.39 is 69.5 Å². The number of esters is 3. The van der Waals surface area contributed by atoms with Crippen molar-refractivity contribution in [1.82, 2.24) is 0 Å². The van der Waals surface area contributed by atoms with Gasteiger partial charge in [-0.2, -0.15) is 0 Å². The Morgan fingerprint density at radius 3 is 1.36 bits per heavy atom. The third-order valence-electron chi connectivity index (χ3n) is 6.68. The summed E-state index contributed by atoms with van der Waals surface area (Å²) in [5, 5.41) is 0. The maximum absolute atomic E-state index is 13.8. The fourth-order valence-electron chi connectivity index (χ4n) is 4.54. The van der Waals surface area contributed by atoms with E-state index >= 15 is 0 Å². The molecule has 0 bridgehead atoms. The van der Waals surface area contributed by atoms with E-state index in [1.807, 2.05) is 30.3 Å². The van der Waals surface area contributed by atoms with E-state index in [2.05, 4.69) is 0 Å². The van der Waals surface area contributed by atoms with Gasteiger partial charge >= 0.3 is 265 Å². The molecule has 1 fully saturated rings. The molecular weight excluding hydrogens is 680 g/mol. The van der Waals surface area contributed by atoms with Crippen LogP contribution >= 0.6 is 0 Å². The summed E-state index contributed by atoms with van der Waals surface area (Å²) in [5.74, 6) is -2.31. The SMILES string of the molecule is CO[C@H]1O[C@H](C(=O)[Te]c2ccccc2)[C@@H](OC(=O)c2ccccc2)[C@H](OC(=O)c2ccccc2)[C@H]1OC(=O)c1ccccc1. The quantitative estimate of drug-likeness (QED) is 0.139. The van der Waals surface area contributed by atoms with E-state index in [-0.39, 0.29) is 20.5 Å². The molecule has 0 aliphatic carbocycles. The molecule has 9 nitrogen and oxygen atoms in total. The standard InChI is InChI=1S/C34H28O9Te/c1-39-34-29(42-32(37)24-18-10-4-11-19-24)27(41-31(36)23-16-8-3-9-17-23)26(40-30(35)22-14-6-2-7-15-22)28(43-34)33(38)44-25-20-12-5-13-21-25/h2-21,26-29,34H,1H3/t26-,27-,28-,29+,34-/m0/s1. The van der Waals surface area contributed by atoms with E-state index in [4.69, 9.17) is 23.7 Å². The van der Waals surface area contributed by atoms with Crippen molar-refractivity contribution >= 4 is 46.3 Å². The van der Waals surface area contributed by atoms with Gasteiger partial charge in [0.1, 0.15) is 0 Å². The van der Waals surface area contributed by atoms with Crippen LogP contribution in [-0.4, -0.2) is 80.5 Å². The topological polar surface area (TPSA) is 114 Å². The average Bonchev–Trinajstić information content (AvgIpc) is 3.07. The van der Waals surface area contributed by atoms with E-state index in [1.54, 1.807) is 91.0 Å². The molecule has 4 aromatic rings. The Labute approximate surface area is 264 Å². The van der Waals surface area contributed by atoms with Crippen LogP contribution in [-0.2, 0) is 28.5 Å². The molecule has 0 amide bonds. The van der Waals surface area contributed by atoms with E-state index in [1.165, 1.54) is 7.11 Å². The Bertz CT molecular complexity index is 1570. The Balaban J connectivity index is 1.55. The predicted octanol–water partition coefficient (Wildman–Crippen LogP) is 3.59. The first-order chi connectivity index (χ1) is 21.4. The van der Waals surface area contributed by atoms with Gasteiger partial charge in [0.15, 0.2) is 0 Å². The van der Waals surface area contributed by atoms with Gasteiger partial charge in [0.05, 0.1) is 0 Å². The van der Waals surface area contributed by atoms with Crippen LogP contribution in [0.3, 0.4) is 0 Å². The molecular formula is C34H28O9Te. The monoisotopic (exact) mass is 710 g/mol. The Morgan fingerprint density at radius 2 is 0.932 bits per heavy atom. The van der Waals surface area contributed by atoms with Crippen LogP contribution in [0, 0.1) is 0 Å². The minimum atomic E-state index is -1.53. The molecule has 1 aliphatic rings. The summed E-state index contributed by atoms with van der Waals surface area (Å²) in [6.45, 7) is 0. The summed E-state index contributed by atoms with van der Waals surface area (Å²) in [6.07, 6.45) is -7.07. The van der Waals surface area contributed by atoms with Crippen molar-refractivity contribution in [3.8, 4) is 0 Å². The van der Waals surface area contributed by atoms with Crippen LogP contribution < -0.4 is 3.61 Å². The van der Waals surface area contributed by atoms with E-state index in [9.17, 15) is 19.2 Å². The molecule has 5 rings (SSSR count). The number of benzene rings is 4. The van der Waals surface area contributed by atoms with Crippen molar-refractivity contribution in [3.05, 3.63) is 138 Å². The van der Waals surface area contributed by atoms with Crippen LogP contribution in [0.2, 0.25) is 0 Å². The molecule has 10 heteroatoms. The van der Waals surface area contributed by atoms with E-state index in [0.29, 0.717) is 0 Å². The zero-order valence-corrected chi connectivity index (χ0v) is 25.8. The summed E-state index contributed by atoms with van der Waals surface area (Å²) in [4.78, 5) is 53.9. The van der Waals surface area contributed by atoms with Crippen molar-refractivity contribution in [2.75, 3.05) is 7.11 Å². The molecule has 1 heterocycles. The minimum absolute atomic E-state index is 0.204. The van der Waals surface area contributed by atoms with Gasteiger partial charge in [0.25, 0.3) is 0 Å². The van der Waals surface area contributed by atoms with Gasteiger partial charge in [-0.15, -0.1) is 0 Å². The fourth-order valence-corrected chi connectivity index (χ4v) is 6.91. The van der Waals surface area contributed by atoms with Crippen molar-refractivity contribution in [1.29, 1.82) is 0 Å². The molecule has 1 aliphatic heterocycles. The molecule has 0 spiro atoms. The molecule has 0 N–H and O–H groups in total. The molecule has 0 unspecified atom stereocenters. The second-order valence-electron chi connectivity index (χ2n) is 9.60. The van der Waals surface area contributed by atoms with Crippen LogP contribution in [0.5, 0.6) is 0 Å². The first-order valence-electron chi connectivity index (χ1n) is 13.7. The van der Waals surface area contributed by atoms with Crippen LogP contribution in [0.1, 0.15) is 31.1 Å². The molecule has 5 atom stereocenters. The predicted molar refractivity (Wildman–Crippen MR) is 159 cm³/mol. The number of carbonyl (C=O) groups excluding carboxylic acids is 4. The maximum atomic E-state index is 13.8. The van der Waals surface area contributed by atoms with Gasteiger partial charge in [-0.25, -0.2) is 0 Å². The van der Waals surface area contributed by atoms with Gasteiger partial charge in [-0.1, -0.05) is 0 Å². The molecule has 0 radical (unpaired) electrons. The third-order valence-corrected chi connectivity index (χ3v) is 9.37. The Morgan fingerprint density at radius 1 is 0.545 bits per heavy atom. The Kier molecular flexibility index (Phi) is 10.5.